The number of rotatable bonds is 7. The highest BCUT2D eigenvalue weighted by Gasteiger charge is 2.11. The summed E-state index contributed by atoms with van der Waals surface area (Å²) in [6, 6.07) is 8.96. The van der Waals surface area contributed by atoms with Gasteiger partial charge in [0, 0.05) is 24.8 Å². The van der Waals surface area contributed by atoms with Crippen molar-refractivity contribution >= 4 is 5.69 Å². The van der Waals surface area contributed by atoms with E-state index in [2.05, 4.69) is 22.8 Å². The van der Waals surface area contributed by atoms with Crippen LogP contribution in [0.25, 0.3) is 0 Å². The van der Waals surface area contributed by atoms with Crippen molar-refractivity contribution in [1.29, 1.82) is 0 Å². The second kappa shape index (κ2) is 8.15. The minimum atomic E-state index is 0.230. The van der Waals surface area contributed by atoms with Crippen molar-refractivity contribution in [2.24, 2.45) is 0 Å². The lowest BCUT2D eigenvalue weighted by molar-refractivity contribution is 0.242. The fourth-order valence-corrected chi connectivity index (χ4v) is 2.71. The highest BCUT2D eigenvalue weighted by atomic mass is 16.5. The van der Waals surface area contributed by atoms with Crippen molar-refractivity contribution < 1.29 is 4.74 Å². The zero-order chi connectivity index (χ0) is 14.2. The number of hydrogen-bond acceptors (Lipinski definition) is 3. The van der Waals surface area contributed by atoms with Gasteiger partial charge in [-0.2, -0.15) is 0 Å². The Bertz CT molecular complexity index is 369. The minimum Gasteiger partial charge on any atom is -0.491 e. The molecule has 0 amide bonds. The number of nitrogens with one attached hydrogen (secondary N) is 2. The van der Waals surface area contributed by atoms with Crippen molar-refractivity contribution in [1.82, 2.24) is 5.32 Å². The van der Waals surface area contributed by atoms with E-state index in [0.717, 1.165) is 30.6 Å². The number of hydrogen-bond donors (Lipinski definition) is 2. The Labute approximate surface area is 123 Å². The fourth-order valence-electron chi connectivity index (χ4n) is 2.71. The van der Waals surface area contributed by atoms with Crippen LogP contribution in [-0.2, 0) is 0 Å². The third kappa shape index (κ3) is 5.41. The van der Waals surface area contributed by atoms with Gasteiger partial charge in [0.15, 0.2) is 0 Å². The Morgan fingerprint density at radius 3 is 2.40 bits per heavy atom. The molecule has 0 unspecified atom stereocenters. The highest BCUT2D eigenvalue weighted by molar-refractivity contribution is 5.46. The molecule has 1 fully saturated rings. The number of anilines is 1. The maximum Gasteiger partial charge on any atom is 0.119 e. The molecule has 0 aromatic heterocycles. The molecular weight excluding hydrogens is 248 g/mol. The van der Waals surface area contributed by atoms with Crippen LogP contribution in [-0.4, -0.2) is 25.2 Å². The van der Waals surface area contributed by atoms with Crippen LogP contribution < -0.4 is 15.4 Å². The molecule has 2 N–H and O–H groups in total. The van der Waals surface area contributed by atoms with Crippen LogP contribution in [0.2, 0.25) is 0 Å². The van der Waals surface area contributed by atoms with Gasteiger partial charge < -0.3 is 15.4 Å². The summed E-state index contributed by atoms with van der Waals surface area (Å²) in [4.78, 5) is 0. The van der Waals surface area contributed by atoms with Crippen LogP contribution in [0.5, 0.6) is 5.75 Å². The van der Waals surface area contributed by atoms with Crippen molar-refractivity contribution in [3.63, 3.8) is 0 Å². The Morgan fingerprint density at radius 2 is 1.75 bits per heavy atom. The molecule has 0 saturated heterocycles. The number of ether oxygens (including phenoxy) is 1. The molecule has 1 aromatic carbocycles. The summed E-state index contributed by atoms with van der Waals surface area (Å²) in [5.41, 5.74) is 1.16. The van der Waals surface area contributed by atoms with Gasteiger partial charge in [-0.25, -0.2) is 0 Å². The second-order valence-corrected chi connectivity index (χ2v) is 5.91. The molecule has 0 atom stereocenters. The fraction of sp³-hybridized carbons (Fsp3) is 0.647. The lowest BCUT2D eigenvalue weighted by atomic mass is 9.95. The first kappa shape index (κ1) is 15.2. The van der Waals surface area contributed by atoms with E-state index in [1.807, 2.05) is 26.0 Å². The standard InChI is InChI=1S/C17H28N2O/c1-14(2)20-17-10-8-16(9-11-17)19-13-12-18-15-6-4-3-5-7-15/h8-11,14-15,18-19H,3-7,12-13H2,1-2H3. The second-order valence-electron chi connectivity index (χ2n) is 5.91. The molecule has 3 nitrogen and oxygen atoms in total. The topological polar surface area (TPSA) is 33.3 Å². The summed E-state index contributed by atoms with van der Waals surface area (Å²) < 4.78 is 5.63. The van der Waals surface area contributed by atoms with Gasteiger partial charge >= 0.3 is 0 Å². The zero-order valence-electron chi connectivity index (χ0n) is 12.8. The first-order valence-electron chi connectivity index (χ1n) is 7.98. The summed E-state index contributed by atoms with van der Waals surface area (Å²) in [7, 11) is 0. The third-order valence-electron chi connectivity index (χ3n) is 3.72. The van der Waals surface area contributed by atoms with Crippen LogP contribution in [0.4, 0.5) is 5.69 Å². The van der Waals surface area contributed by atoms with Crippen LogP contribution in [0.15, 0.2) is 24.3 Å². The molecule has 0 bridgehead atoms. The first-order chi connectivity index (χ1) is 9.74. The van der Waals surface area contributed by atoms with Gasteiger partial charge in [0.1, 0.15) is 5.75 Å². The van der Waals surface area contributed by atoms with Crippen molar-refractivity contribution in [3.8, 4) is 5.75 Å². The maximum atomic E-state index is 5.63. The molecule has 112 valence electrons. The molecule has 1 aromatic rings. The highest BCUT2D eigenvalue weighted by Crippen LogP contribution is 2.18. The van der Waals surface area contributed by atoms with Crippen molar-refractivity contribution in [2.45, 2.75) is 58.1 Å². The predicted molar refractivity (Wildman–Crippen MR) is 85.6 cm³/mol. The Kier molecular flexibility index (Phi) is 6.19. The molecule has 1 aliphatic rings. The molecule has 0 aliphatic heterocycles. The Hall–Kier alpha value is -1.22. The zero-order valence-corrected chi connectivity index (χ0v) is 12.8. The maximum absolute atomic E-state index is 5.63. The molecule has 1 saturated carbocycles. The summed E-state index contributed by atoms with van der Waals surface area (Å²) in [5, 5.41) is 7.09. The van der Waals surface area contributed by atoms with Gasteiger partial charge in [-0.15, -0.1) is 0 Å². The summed E-state index contributed by atoms with van der Waals surface area (Å²) in [6.07, 6.45) is 7.13. The lowest BCUT2D eigenvalue weighted by Gasteiger charge is -2.23. The van der Waals surface area contributed by atoms with E-state index >= 15 is 0 Å². The van der Waals surface area contributed by atoms with Crippen LogP contribution >= 0.6 is 0 Å². The monoisotopic (exact) mass is 276 g/mol. The molecule has 3 heteroatoms. The average Bonchev–Trinajstić information content (AvgIpc) is 2.46. The molecule has 0 spiro atoms. The van der Waals surface area contributed by atoms with E-state index in [4.69, 9.17) is 4.74 Å². The van der Waals surface area contributed by atoms with E-state index in [9.17, 15) is 0 Å². The van der Waals surface area contributed by atoms with Gasteiger partial charge in [0.05, 0.1) is 6.10 Å². The molecule has 1 aliphatic carbocycles. The van der Waals surface area contributed by atoms with E-state index in [0.29, 0.717) is 0 Å². The van der Waals surface area contributed by atoms with Crippen LogP contribution in [0.1, 0.15) is 46.0 Å². The van der Waals surface area contributed by atoms with Gasteiger partial charge in [-0.05, 0) is 51.0 Å². The van der Waals surface area contributed by atoms with Gasteiger partial charge in [-0.1, -0.05) is 19.3 Å². The number of benzene rings is 1. The SMILES string of the molecule is CC(C)Oc1ccc(NCCNC2CCCCC2)cc1. The van der Waals surface area contributed by atoms with Gasteiger partial charge in [0.25, 0.3) is 0 Å². The van der Waals surface area contributed by atoms with Gasteiger partial charge in [-0.3, -0.25) is 0 Å². The van der Waals surface area contributed by atoms with Crippen molar-refractivity contribution in [2.75, 3.05) is 18.4 Å². The smallest absolute Gasteiger partial charge is 0.119 e. The third-order valence-corrected chi connectivity index (χ3v) is 3.72. The van der Waals surface area contributed by atoms with E-state index in [1.54, 1.807) is 0 Å². The van der Waals surface area contributed by atoms with E-state index in [-0.39, 0.29) is 6.10 Å². The lowest BCUT2D eigenvalue weighted by Crippen LogP contribution is -2.34. The Morgan fingerprint density at radius 1 is 1.05 bits per heavy atom. The quantitative estimate of drug-likeness (QED) is 0.743. The molecule has 20 heavy (non-hydrogen) atoms. The summed E-state index contributed by atoms with van der Waals surface area (Å²) in [5.74, 6) is 0.936. The largest absolute Gasteiger partial charge is 0.491 e. The van der Waals surface area contributed by atoms with Crippen LogP contribution in [0.3, 0.4) is 0 Å². The van der Waals surface area contributed by atoms with Gasteiger partial charge in [0.2, 0.25) is 0 Å². The normalized spacial score (nSPS) is 16.4. The predicted octanol–water partition coefficient (Wildman–Crippen LogP) is 3.81. The van der Waals surface area contributed by atoms with E-state index < -0.39 is 0 Å². The summed E-state index contributed by atoms with van der Waals surface area (Å²) >= 11 is 0. The first-order valence-corrected chi connectivity index (χ1v) is 7.98. The van der Waals surface area contributed by atoms with Crippen molar-refractivity contribution in [3.05, 3.63) is 24.3 Å². The Balaban J connectivity index is 1.63. The molecule has 0 radical (unpaired) electrons. The summed E-state index contributed by atoms with van der Waals surface area (Å²) in [6.45, 7) is 6.10. The molecule has 2 rings (SSSR count). The average molecular weight is 276 g/mol. The molecule has 0 heterocycles. The minimum absolute atomic E-state index is 0.230. The molecular formula is C17H28N2O. The van der Waals surface area contributed by atoms with E-state index in [1.165, 1.54) is 32.1 Å². The van der Waals surface area contributed by atoms with Crippen LogP contribution in [0, 0.1) is 0 Å².